The molecule has 0 spiro atoms. The summed E-state index contributed by atoms with van der Waals surface area (Å²) in [5, 5.41) is 11.3. The Morgan fingerprint density at radius 2 is 2.12 bits per heavy atom. The molecule has 1 heterocycles. The third kappa shape index (κ3) is 2.55. The fourth-order valence-corrected chi connectivity index (χ4v) is 1.89. The van der Waals surface area contributed by atoms with Crippen LogP contribution < -0.4 is 11.1 Å². The second-order valence-corrected chi connectivity index (χ2v) is 4.30. The quantitative estimate of drug-likeness (QED) is 0.791. The van der Waals surface area contributed by atoms with Crippen molar-refractivity contribution in [3.05, 3.63) is 35.9 Å². The van der Waals surface area contributed by atoms with E-state index in [2.05, 4.69) is 21.6 Å². The van der Waals surface area contributed by atoms with Crippen LogP contribution in [0.4, 0.5) is 11.4 Å². The Balaban J connectivity index is 2.18. The van der Waals surface area contributed by atoms with E-state index in [4.69, 9.17) is 5.73 Å². The molecule has 0 aliphatic carbocycles. The fourth-order valence-electron chi connectivity index (χ4n) is 1.89. The number of nitrogens with two attached hydrogens (primary N) is 1. The van der Waals surface area contributed by atoms with Gasteiger partial charge < -0.3 is 15.6 Å². The van der Waals surface area contributed by atoms with E-state index in [0.29, 0.717) is 0 Å². The van der Waals surface area contributed by atoms with Crippen molar-refractivity contribution in [1.29, 1.82) is 0 Å². The van der Waals surface area contributed by atoms with Crippen LogP contribution in [0.5, 0.6) is 0 Å². The van der Waals surface area contributed by atoms with Gasteiger partial charge in [0.05, 0.1) is 6.04 Å². The van der Waals surface area contributed by atoms with Gasteiger partial charge in [0.25, 0.3) is 0 Å². The van der Waals surface area contributed by atoms with Gasteiger partial charge in [0.2, 0.25) is 0 Å². The fraction of sp³-hybridized carbons (Fsp3) is 0.333. The van der Waals surface area contributed by atoms with Crippen LogP contribution >= 0.6 is 0 Å². The molecule has 17 heavy (non-hydrogen) atoms. The van der Waals surface area contributed by atoms with Gasteiger partial charge in [-0.05, 0) is 37.6 Å². The van der Waals surface area contributed by atoms with Crippen molar-refractivity contribution >= 4 is 11.4 Å². The first-order valence-corrected chi connectivity index (χ1v) is 5.54. The van der Waals surface area contributed by atoms with Gasteiger partial charge >= 0.3 is 0 Å². The van der Waals surface area contributed by atoms with Crippen molar-refractivity contribution < 1.29 is 0 Å². The molecular weight excluding hydrogens is 214 g/mol. The third-order valence-corrected chi connectivity index (χ3v) is 2.62. The molecule has 5 heteroatoms. The number of nitrogens with zero attached hydrogens (tertiary/aromatic N) is 3. The predicted molar refractivity (Wildman–Crippen MR) is 68.6 cm³/mol. The van der Waals surface area contributed by atoms with Gasteiger partial charge in [-0.2, -0.15) is 0 Å². The van der Waals surface area contributed by atoms with Crippen molar-refractivity contribution in [2.75, 3.05) is 11.1 Å². The van der Waals surface area contributed by atoms with Crippen molar-refractivity contribution in [1.82, 2.24) is 14.8 Å². The lowest BCUT2D eigenvalue weighted by molar-refractivity contribution is 0.719. The second kappa shape index (κ2) is 4.45. The molecule has 0 amide bonds. The van der Waals surface area contributed by atoms with Crippen LogP contribution in [0, 0.1) is 6.92 Å². The molecule has 0 bridgehead atoms. The summed E-state index contributed by atoms with van der Waals surface area (Å²) in [7, 11) is 1.93. The summed E-state index contributed by atoms with van der Waals surface area (Å²) in [5.41, 5.74) is 8.71. The minimum Gasteiger partial charge on any atom is -0.399 e. The van der Waals surface area contributed by atoms with Crippen LogP contribution in [0.3, 0.4) is 0 Å². The molecule has 90 valence electrons. The normalized spacial score (nSPS) is 12.4. The molecule has 1 unspecified atom stereocenters. The standard InChI is InChI=1S/C12H17N5/c1-8-4-10(13)6-11(5-8)15-9(2)12-16-14-7-17(12)3/h4-7,9,15H,13H2,1-3H3. The van der Waals surface area contributed by atoms with Crippen LogP contribution in [0.25, 0.3) is 0 Å². The van der Waals surface area contributed by atoms with Crippen LogP contribution in [0.15, 0.2) is 24.5 Å². The molecule has 0 aliphatic rings. The molecule has 1 aromatic heterocycles. The number of hydrogen-bond donors (Lipinski definition) is 2. The Hall–Kier alpha value is -2.04. The highest BCUT2D eigenvalue weighted by molar-refractivity contribution is 5.57. The van der Waals surface area contributed by atoms with E-state index < -0.39 is 0 Å². The van der Waals surface area contributed by atoms with Gasteiger partial charge in [-0.15, -0.1) is 10.2 Å². The van der Waals surface area contributed by atoms with Crippen molar-refractivity contribution in [3.8, 4) is 0 Å². The lowest BCUT2D eigenvalue weighted by Gasteiger charge is -2.15. The first-order valence-electron chi connectivity index (χ1n) is 5.54. The Bertz CT molecular complexity index is 497. The topological polar surface area (TPSA) is 68.8 Å². The minimum absolute atomic E-state index is 0.0868. The molecule has 3 N–H and O–H groups in total. The monoisotopic (exact) mass is 231 g/mol. The van der Waals surface area contributed by atoms with Gasteiger partial charge in [-0.1, -0.05) is 0 Å². The van der Waals surface area contributed by atoms with Crippen LogP contribution in [0.1, 0.15) is 24.4 Å². The molecule has 1 aromatic carbocycles. The van der Waals surface area contributed by atoms with Crippen molar-refractivity contribution in [3.63, 3.8) is 0 Å². The largest absolute Gasteiger partial charge is 0.399 e. The number of rotatable bonds is 3. The average Bonchev–Trinajstić information content (AvgIpc) is 2.62. The molecule has 0 radical (unpaired) electrons. The van der Waals surface area contributed by atoms with E-state index in [-0.39, 0.29) is 6.04 Å². The van der Waals surface area contributed by atoms with Gasteiger partial charge in [0.1, 0.15) is 6.33 Å². The first-order chi connectivity index (χ1) is 8.06. The lowest BCUT2D eigenvalue weighted by Crippen LogP contribution is -2.12. The van der Waals surface area contributed by atoms with Gasteiger partial charge in [0, 0.05) is 18.4 Å². The maximum Gasteiger partial charge on any atom is 0.154 e. The highest BCUT2D eigenvalue weighted by Crippen LogP contribution is 2.20. The zero-order chi connectivity index (χ0) is 12.4. The number of anilines is 2. The lowest BCUT2D eigenvalue weighted by atomic mass is 10.2. The van der Waals surface area contributed by atoms with E-state index in [9.17, 15) is 0 Å². The number of aromatic nitrogens is 3. The predicted octanol–water partition coefficient (Wildman–Crippen LogP) is 1.88. The molecule has 0 fully saturated rings. The molecule has 2 aromatic rings. The van der Waals surface area contributed by atoms with Gasteiger partial charge in [-0.25, -0.2) is 0 Å². The summed E-state index contributed by atoms with van der Waals surface area (Å²) in [6.45, 7) is 4.07. The van der Waals surface area contributed by atoms with Crippen LogP contribution in [-0.4, -0.2) is 14.8 Å². The van der Waals surface area contributed by atoms with E-state index in [0.717, 1.165) is 22.8 Å². The Labute approximate surface area is 101 Å². The van der Waals surface area contributed by atoms with Crippen molar-refractivity contribution in [2.45, 2.75) is 19.9 Å². The Kier molecular flexibility index (Phi) is 2.99. The van der Waals surface area contributed by atoms with Gasteiger partial charge in [0.15, 0.2) is 5.82 Å². The average molecular weight is 231 g/mol. The summed E-state index contributed by atoms with van der Waals surface area (Å²) in [6.07, 6.45) is 1.69. The molecule has 0 saturated carbocycles. The third-order valence-electron chi connectivity index (χ3n) is 2.62. The number of hydrogen-bond acceptors (Lipinski definition) is 4. The number of aryl methyl sites for hydroxylation is 2. The highest BCUT2D eigenvalue weighted by Gasteiger charge is 2.11. The van der Waals surface area contributed by atoms with Crippen LogP contribution in [-0.2, 0) is 7.05 Å². The van der Waals surface area contributed by atoms with E-state index in [1.807, 2.05) is 37.6 Å². The maximum atomic E-state index is 5.81. The SMILES string of the molecule is Cc1cc(N)cc(NC(C)c2nncn2C)c1. The van der Waals surface area contributed by atoms with Gasteiger partial charge in [-0.3, -0.25) is 0 Å². The Morgan fingerprint density at radius 1 is 1.35 bits per heavy atom. The van der Waals surface area contributed by atoms with Crippen LogP contribution in [0.2, 0.25) is 0 Å². The zero-order valence-electron chi connectivity index (χ0n) is 10.3. The molecule has 5 nitrogen and oxygen atoms in total. The minimum atomic E-state index is 0.0868. The number of benzene rings is 1. The molecule has 0 aliphatic heterocycles. The summed E-state index contributed by atoms with van der Waals surface area (Å²) >= 11 is 0. The maximum absolute atomic E-state index is 5.81. The summed E-state index contributed by atoms with van der Waals surface area (Å²) in [6, 6.07) is 6.00. The van der Waals surface area contributed by atoms with E-state index in [1.165, 1.54) is 0 Å². The van der Waals surface area contributed by atoms with E-state index >= 15 is 0 Å². The summed E-state index contributed by atoms with van der Waals surface area (Å²) in [4.78, 5) is 0. The summed E-state index contributed by atoms with van der Waals surface area (Å²) in [5.74, 6) is 0.894. The second-order valence-electron chi connectivity index (χ2n) is 4.30. The highest BCUT2D eigenvalue weighted by atomic mass is 15.3. The number of nitrogens with one attached hydrogen (secondary N) is 1. The summed E-state index contributed by atoms with van der Waals surface area (Å²) < 4.78 is 1.90. The Morgan fingerprint density at radius 3 is 2.71 bits per heavy atom. The first kappa shape index (κ1) is 11.4. The molecule has 0 saturated heterocycles. The van der Waals surface area contributed by atoms with Crippen molar-refractivity contribution in [2.24, 2.45) is 7.05 Å². The van der Waals surface area contributed by atoms with E-state index in [1.54, 1.807) is 6.33 Å². The smallest absolute Gasteiger partial charge is 0.154 e. The molecule has 2 rings (SSSR count). The number of nitrogen functional groups attached to an aromatic ring is 1. The molecule has 1 atom stereocenters. The zero-order valence-corrected chi connectivity index (χ0v) is 10.3. The molecular formula is C12H17N5.